The first-order valence-corrected chi connectivity index (χ1v) is 8.06. The van der Waals surface area contributed by atoms with E-state index < -0.39 is 0 Å². The summed E-state index contributed by atoms with van der Waals surface area (Å²) in [7, 11) is 1.78. The molecule has 1 heterocycles. The van der Waals surface area contributed by atoms with E-state index in [1.807, 2.05) is 12.1 Å². The van der Waals surface area contributed by atoms with Crippen LogP contribution in [0.5, 0.6) is 11.5 Å². The van der Waals surface area contributed by atoms with E-state index in [-0.39, 0.29) is 5.54 Å². The third-order valence-electron chi connectivity index (χ3n) is 3.44. The molecule has 0 fully saturated rings. The van der Waals surface area contributed by atoms with Gasteiger partial charge in [0.25, 0.3) is 0 Å². The summed E-state index contributed by atoms with van der Waals surface area (Å²) >= 11 is 0. The van der Waals surface area contributed by atoms with Gasteiger partial charge in [0, 0.05) is 32.2 Å². The summed E-state index contributed by atoms with van der Waals surface area (Å²) in [5.74, 6) is 2.48. The fourth-order valence-corrected chi connectivity index (χ4v) is 2.26. The highest BCUT2D eigenvalue weighted by molar-refractivity contribution is 5.79. The Morgan fingerprint density at radius 2 is 1.83 bits per heavy atom. The molecule has 1 aromatic carbocycles. The largest absolute Gasteiger partial charge is 0.454 e. The van der Waals surface area contributed by atoms with Crippen LogP contribution in [-0.2, 0) is 6.42 Å². The Morgan fingerprint density at radius 1 is 1.09 bits per heavy atom. The molecular formula is C17H28N4O2. The summed E-state index contributed by atoms with van der Waals surface area (Å²) in [6, 6.07) is 6.06. The van der Waals surface area contributed by atoms with E-state index in [9.17, 15) is 0 Å². The Morgan fingerprint density at radius 3 is 2.57 bits per heavy atom. The van der Waals surface area contributed by atoms with E-state index in [0.29, 0.717) is 6.79 Å². The van der Waals surface area contributed by atoms with Gasteiger partial charge >= 0.3 is 0 Å². The molecule has 1 aromatic rings. The minimum absolute atomic E-state index is 0.137. The lowest BCUT2D eigenvalue weighted by Gasteiger charge is -2.21. The maximum Gasteiger partial charge on any atom is 0.231 e. The van der Waals surface area contributed by atoms with Gasteiger partial charge in [-0.1, -0.05) is 6.07 Å². The van der Waals surface area contributed by atoms with Crippen molar-refractivity contribution in [2.75, 3.05) is 33.5 Å². The van der Waals surface area contributed by atoms with Crippen LogP contribution in [0, 0.1) is 0 Å². The number of guanidine groups is 1. The molecule has 2 rings (SSSR count). The van der Waals surface area contributed by atoms with Crippen LogP contribution in [0.25, 0.3) is 0 Å². The number of nitrogens with zero attached hydrogens (tertiary/aromatic N) is 1. The second kappa shape index (κ2) is 8.06. The van der Waals surface area contributed by atoms with Gasteiger partial charge in [0.05, 0.1) is 0 Å². The van der Waals surface area contributed by atoms with Gasteiger partial charge in [-0.2, -0.15) is 0 Å². The van der Waals surface area contributed by atoms with E-state index in [2.05, 4.69) is 47.8 Å². The number of rotatable bonds is 6. The molecule has 3 N–H and O–H groups in total. The van der Waals surface area contributed by atoms with Gasteiger partial charge in [0.15, 0.2) is 17.5 Å². The molecule has 0 spiro atoms. The molecule has 0 aliphatic carbocycles. The van der Waals surface area contributed by atoms with Crippen LogP contribution in [0.2, 0.25) is 0 Å². The molecule has 0 radical (unpaired) electrons. The number of benzene rings is 1. The molecule has 6 heteroatoms. The molecule has 0 amide bonds. The molecular weight excluding hydrogens is 292 g/mol. The van der Waals surface area contributed by atoms with Gasteiger partial charge < -0.3 is 25.4 Å². The predicted molar refractivity (Wildman–Crippen MR) is 93.4 cm³/mol. The minimum Gasteiger partial charge on any atom is -0.454 e. The van der Waals surface area contributed by atoms with Crippen LogP contribution in [0.15, 0.2) is 23.2 Å². The van der Waals surface area contributed by atoms with Crippen LogP contribution in [0.1, 0.15) is 26.3 Å². The third-order valence-corrected chi connectivity index (χ3v) is 3.44. The molecule has 0 atom stereocenters. The zero-order chi connectivity index (χ0) is 16.7. The second-order valence-electron chi connectivity index (χ2n) is 6.54. The summed E-state index contributed by atoms with van der Waals surface area (Å²) in [5.41, 5.74) is 1.35. The van der Waals surface area contributed by atoms with Crippen molar-refractivity contribution in [3.8, 4) is 11.5 Å². The molecule has 23 heavy (non-hydrogen) atoms. The minimum atomic E-state index is 0.137. The molecule has 0 bridgehead atoms. The Balaban J connectivity index is 1.67. The summed E-state index contributed by atoms with van der Waals surface area (Å²) in [5, 5.41) is 10.1. The normalized spacial score (nSPS) is 14.0. The fourth-order valence-electron chi connectivity index (χ4n) is 2.26. The van der Waals surface area contributed by atoms with E-state index in [0.717, 1.165) is 43.5 Å². The van der Waals surface area contributed by atoms with Gasteiger partial charge in [-0.25, -0.2) is 0 Å². The molecule has 128 valence electrons. The first-order chi connectivity index (χ1) is 11.0. The highest BCUT2D eigenvalue weighted by atomic mass is 16.7. The first-order valence-electron chi connectivity index (χ1n) is 8.06. The molecule has 0 aromatic heterocycles. The van der Waals surface area contributed by atoms with Crippen LogP contribution >= 0.6 is 0 Å². The lowest BCUT2D eigenvalue weighted by Crippen LogP contribution is -2.44. The van der Waals surface area contributed by atoms with Crippen LogP contribution in [0.3, 0.4) is 0 Å². The zero-order valence-electron chi connectivity index (χ0n) is 14.5. The lowest BCUT2D eigenvalue weighted by molar-refractivity contribution is 0.174. The predicted octanol–water partition coefficient (Wildman–Crippen LogP) is 1.51. The van der Waals surface area contributed by atoms with Crippen molar-refractivity contribution >= 4 is 5.96 Å². The summed E-state index contributed by atoms with van der Waals surface area (Å²) in [6.07, 6.45) is 0.900. The summed E-state index contributed by atoms with van der Waals surface area (Å²) < 4.78 is 10.7. The maximum atomic E-state index is 5.39. The van der Waals surface area contributed by atoms with Crippen LogP contribution in [0.4, 0.5) is 0 Å². The molecule has 1 aliphatic rings. The number of hydrogen-bond acceptors (Lipinski definition) is 4. The van der Waals surface area contributed by atoms with E-state index in [4.69, 9.17) is 9.47 Å². The van der Waals surface area contributed by atoms with Gasteiger partial charge in [-0.3, -0.25) is 4.99 Å². The number of nitrogens with one attached hydrogen (secondary N) is 3. The lowest BCUT2D eigenvalue weighted by atomic mass is 10.1. The van der Waals surface area contributed by atoms with Gasteiger partial charge in [-0.05, 0) is 44.9 Å². The van der Waals surface area contributed by atoms with E-state index in [1.165, 1.54) is 5.56 Å². The summed E-state index contributed by atoms with van der Waals surface area (Å²) in [4.78, 5) is 4.23. The Bertz CT molecular complexity index is 538. The highest BCUT2D eigenvalue weighted by Crippen LogP contribution is 2.32. The van der Waals surface area contributed by atoms with Gasteiger partial charge in [0.2, 0.25) is 6.79 Å². The van der Waals surface area contributed by atoms with E-state index >= 15 is 0 Å². The van der Waals surface area contributed by atoms with Crippen LogP contribution < -0.4 is 25.4 Å². The second-order valence-corrected chi connectivity index (χ2v) is 6.54. The summed E-state index contributed by atoms with van der Waals surface area (Å²) in [6.45, 7) is 9.33. The first kappa shape index (κ1) is 17.4. The van der Waals surface area contributed by atoms with Crippen molar-refractivity contribution in [3.63, 3.8) is 0 Å². The van der Waals surface area contributed by atoms with Crippen LogP contribution in [-0.4, -0.2) is 45.0 Å². The van der Waals surface area contributed by atoms with Crippen molar-refractivity contribution in [2.45, 2.75) is 32.7 Å². The SMILES string of the molecule is CN=C(NCCNC(C)(C)C)NCCc1ccc2c(c1)OCO2. The standard InChI is InChI=1S/C17H28N4O2/c1-17(2,3)21-10-9-20-16(18-4)19-8-7-13-5-6-14-15(11-13)23-12-22-14/h5-6,11,21H,7-10,12H2,1-4H3,(H2,18,19,20). The highest BCUT2D eigenvalue weighted by Gasteiger charge is 2.13. The number of aliphatic imine (C=N–C) groups is 1. The molecule has 0 unspecified atom stereocenters. The number of hydrogen-bond donors (Lipinski definition) is 3. The van der Waals surface area contributed by atoms with Gasteiger partial charge in [-0.15, -0.1) is 0 Å². The van der Waals surface area contributed by atoms with Crippen molar-refractivity contribution in [2.24, 2.45) is 4.99 Å². The Labute approximate surface area is 138 Å². The topological polar surface area (TPSA) is 66.9 Å². The molecule has 1 aliphatic heterocycles. The molecule has 0 saturated heterocycles. The number of fused-ring (bicyclic) bond motifs is 1. The molecule has 6 nitrogen and oxygen atoms in total. The smallest absolute Gasteiger partial charge is 0.231 e. The Hall–Kier alpha value is -1.95. The quantitative estimate of drug-likeness (QED) is 0.421. The maximum absolute atomic E-state index is 5.39. The molecule has 0 saturated carbocycles. The average molecular weight is 320 g/mol. The third kappa shape index (κ3) is 5.98. The monoisotopic (exact) mass is 320 g/mol. The van der Waals surface area contributed by atoms with Crippen molar-refractivity contribution in [1.29, 1.82) is 0 Å². The van der Waals surface area contributed by atoms with Gasteiger partial charge in [0.1, 0.15) is 0 Å². The fraction of sp³-hybridized carbons (Fsp3) is 0.588. The van der Waals surface area contributed by atoms with Crippen molar-refractivity contribution in [3.05, 3.63) is 23.8 Å². The average Bonchev–Trinajstić information content (AvgIpc) is 2.96. The number of ether oxygens (including phenoxy) is 2. The Kier molecular flexibility index (Phi) is 6.10. The zero-order valence-corrected chi connectivity index (χ0v) is 14.5. The van der Waals surface area contributed by atoms with Crippen molar-refractivity contribution < 1.29 is 9.47 Å². The van der Waals surface area contributed by atoms with E-state index in [1.54, 1.807) is 7.05 Å². The van der Waals surface area contributed by atoms with Crippen molar-refractivity contribution in [1.82, 2.24) is 16.0 Å².